The number of nitrogens with one attached hydrogen (secondary N) is 1. The Labute approximate surface area is 189 Å². The molecule has 0 aliphatic carbocycles. The fraction of sp³-hybridized carbons (Fsp3) is 0.435. The van der Waals surface area contributed by atoms with Crippen LogP contribution in [0.1, 0.15) is 25.7 Å². The molecule has 0 unspecified atom stereocenters. The number of hydrogen-bond donors (Lipinski definition) is 1. The number of likely N-dealkylation sites (tertiary alicyclic amines) is 1. The monoisotopic (exact) mass is 463 g/mol. The number of sulfonamides is 1. The number of hydrogen-bond acceptors (Lipinski definition) is 5. The van der Waals surface area contributed by atoms with Crippen molar-refractivity contribution in [1.29, 1.82) is 0 Å². The van der Waals surface area contributed by atoms with Crippen LogP contribution in [0.4, 0.5) is 10.1 Å². The summed E-state index contributed by atoms with van der Waals surface area (Å²) in [6, 6.07) is 10.9. The van der Waals surface area contributed by atoms with Gasteiger partial charge in [0.15, 0.2) is 0 Å². The van der Waals surface area contributed by atoms with E-state index in [4.69, 9.17) is 4.74 Å². The minimum Gasteiger partial charge on any atom is -0.497 e. The number of benzene rings is 2. The van der Waals surface area contributed by atoms with Gasteiger partial charge in [-0.05, 0) is 87.4 Å². The van der Waals surface area contributed by atoms with Gasteiger partial charge in [-0.15, -0.1) is 0 Å². The SMILES string of the molecule is COc1ccc(S(=O)(=O)N(CC(=O)NCCCN2CCCCC2)c2ccc(F)cc2)cc1. The van der Waals surface area contributed by atoms with Gasteiger partial charge >= 0.3 is 0 Å². The summed E-state index contributed by atoms with van der Waals surface area (Å²) >= 11 is 0. The highest BCUT2D eigenvalue weighted by Gasteiger charge is 2.27. The van der Waals surface area contributed by atoms with E-state index in [1.54, 1.807) is 0 Å². The molecule has 0 radical (unpaired) electrons. The van der Waals surface area contributed by atoms with Crippen LogP contribution in [-0.2, 0) is 14.8 Å². The van der Waals surface area contributed by atoms with E-state index >= 15 is 0 Å². The minimum atomic E-state index is -4.05. The Morgan fingerprint density at radius 2 is 1.72 bits per heavy atom. The van der Waals surface area contributed by atoms with Gasteiger partial charge in [0.1, 0.15) is 18.1 Å². The van der Waals surface area contributed by atoms with Crippen molar-refractivity contribution < 1.29 is 22.3 Å². The second-order valence-electron chi connectivity index (χ2n) is 7.77. The number of anilines is 1. The number of amides is 1. The molecule has 7 nitrogen and oxygen atoms in total. The lowest BCUT2D eigenvalue weighted by Gasteiger charge is -2.26. The summed E-state index contributed by atoms with van der Waals surface area (Å²) in [7, 11) is -2.56. The molecule has 0 atom stereocenters. The van der Waals surface area contributed by atoms with E-state index in [0.717, 1.165) is 30.4 Å². The quantitative estimate of drug-likeness (QED) is 0.548. The highest BCUT2D eigenvalue weighted by atomic mass is 32.2. The van der Waals surface area contributed by atoms with Crippen LogP contribution < -0.4 is 14.4 Å². The maximum absolute atomic E-state index is 13.4. The molecule has 2 aromatic rings. The average Bonchev–Trinajstić information content (AvgIpc) is 2.81. The third-order valence-electron chi connectivity index (χ3n) is 5.47. The van der Waals surface area contributed by atoms with Crippen molar-refractivity contribution >= 4 is 21.6 Å². The third kappa shape index (κ3) is 6.43. The van der Waals surface area contributed by atoms with Crippen molar-refractivity contribution in [3.8, 4) is 5.75 Å². The summed E-state index contributed by atoms with van der Waals surface area (Å²) in [5.74, 6) is -0.383. The lowest BCUT2D eigenvalue weighted by Crippen LogP contribution is -2.41. The van der Waals surface area contributed by atoms with Crippen LogP contribution >= 0.6 is 0 Å². The zero-order valence-corrected chi connectivity index (χ0v) is 19.1. The molecule has 0 spiro atoms. The van der Waals surface area contributed by atoms with E-state index in [1.165, 1.54) is 74.9 Å². The second-order valence-corrected chi connectivity index (χ2v) is 9.63. The van der Waals surface area contributed by atoms with Crippen molar-refractivity contribution in [1.82, 2.24) is 10.2 Å². The third-order valence-corrected chi connectivity index (χ3v) is 7.26. The van der Waals surface area contributed by atoms with Crippen molar-refractivity contribution in [2.75, 3.05) is 44.1 Å². The Bertz CT molecular complexity index is 975. The lowest BCUT2D eigenvalue weighted by atomic mass is 10.1. The Morgan fingerprint density at radius 1 is 1.06 bits per heavy atom. The van der Waals surface area contributed by atoms with Crippen molar-refractivity contribution in [2.45, 2.75) is 30.6 Å². The van der Waals surface area contributed by atoms with E-state index in [0.29, 0.717) is 12.3 Å². The van der Waals surface area contributed by atoms with E-state index in [2.05, 4.69) is 10.2 Å². The molecular weight excluding hydrogens is 433 g/mol. The second kappa shape index (κ2) is 11.3. The van der Waals surface area contributed by atoms with Gasteiger partial charge in [0.05, 0.1) is 17.7 Å². The number of halogens is 1. The summed E-state index contributed by atoms with van der Waals surface area (Å²) in [5.41, 5.74) is 0.214. The standard InChI is InChI=1S/C23H30FN3O4S/c1-31-21-10-12-22(13-11-21)32(29,30)27(20-8-6-19(24)7-9-20)18-23(28)25-14-5-17-26-15-3-2-4-16-26/h6-13H,2-5,14-18H2,1H3,(H,25,28). The predicted octanol–water partition coefficient (Wildman–Crippen LogP) is 3.02. The van der Waals surface area contributed by atoms with Gasteiger partial charge in [-0.3, -0.25) is 9.10 Å². The zero-order valence-electron chi connectivity index (χ0n) is 18.3. The first kappa shape index (κ1) is 24.0. The maximum atomic E-state index is 13.4. The number of carbonyl (C=O) groups is 1. The van der Waals surface area contributed by atoms with Crippen LogP contribution in [0.5, 0.6) is 5.75 Å². The van der Waals surface area contributed by atoms with Gasteiger partial charge < -0.3 is 15.0 Å². The molecule has 0 aromatic heterocycles. The summed E-state index contributed by atoms with van der Waals surface area (Å²) in [6.07, 6.45) is 4.49. The van der Waals surface area contributed by atoms with Crippen LogP contribution in [0.3, 0.4) is 0 Å². The largest absolute Gasteiger partial charge is 0.497 e. The van der Waals surface area contributed by atoms with Crippen molar-refractivity contribution in [3.05, 3.63) is 54.3 Å². The number of nitrogens with zero attached hydrogens (tertiary/aromatic N) is 2. The molecule has 3 rings (SSSR count). The molecule has 1 fully saturated rings. The average molecular weight is 464 g/mol. The first-order valence-corrected chi connectivity index (χ1v) is 12.3. The summed E-state index contributed by atoms with van der Waals surface area (Å²) < 4.78 is 46.1. The molecule has 9 heteroatoms. The van der Waals surface area contributed by atoms with Gasteiger partial charge in [-0.1, -0.05) is 6.42 Å². The Balaban J connectivity index is 1.68. The van der Waals surface area contributed by atoms with Crippen LogP contribution in [0, 0.1) is 5.82 Å². The Kier molecular flexibility index (Phi) is 8.46. The molecule has 0 saturated carbocycles. The molecule has 2 aromatic carbocycles. The molecule has 1 saturated heterocycles. The Morgan fingerprint density at radius 3 is 2.34 bits per heavy atom. The number of rotatable bonds is 10. The van der Waals surface area contributed by atoms with Crippen LogP contribution in [0.15, 0.2) is 53.4 Å². The normalized spacial score (nSPS) is 14.7. The van der Waals surface area contributed by atoms with E-state index in [9.17, 15) is 17.6 Å². The first-order valence-electron chi connectivity index (χ1n) is 10.8. The minimum absolute atomic E-state index is 0.0144. The van der Waals surface area contributed by atoms with Crippen molar-refractivity contribution in [3.63, 3.8) is 0 Å². The maximum Gasteiger partial charge on any atom is 0.264 e. The number of piperidine rings is 1. The molecule has 1 N–H and O–H groups in total. The Hall–Kier alpha value is -2.65. The van der Waals surface area contributed by atoms with E-state index in [1.807, 2.05) is 0 Å². The topological polar surface area (TPSA) is 79.0 Å². The van der Waals surface area contributed by atoms with Gasteiger partial charge in [0.2, 0.25) is 5.91 Å². The van der Waals surface area contributed by atoms with E-state index < -0.39 is 28.3 Å². The number of carbonyl (C=O) groups excluding carboxylic acids is 1. The summed E-state index contributed by atoms with van der Waals surface area (Å²) in [5, 5.41) is 2.81. The molecule has 1 aliphatic heterocycles. The fourth-order valence-corrected chi connectivity index (χ4v) is 5.12. The highest BCUT2D eigenvalue weighted by molar-refractivity contribution is 7.92. The van der Waals surface area contributed by atoms with Crippen LogP contribution in [-0.4, -0.2) is 59.1 Å². The first-order chi connectivity index (χ1) is 15.4. The van der Waals surface area contributed by atoms with Gasteiger partial charge in [-0.25, -0.2) is 12.8 Å². The molecule has 1 aliphatic rings. The molecule has 1 heterocycles. The molecule has 1 amide bonds. The predicted molar refractivity (Wildman–Crippen MR) is 122 cm³/mol. The number of methoxy groups -OCH3 is 1. The highest BCUT2D eigenvalue weighted by Crippen LogP contribution is 2.25. The molecule has 32 heavy (non-hydrogen) atoms. The van der Waals surface area contributed by atoms with Crippen LogP contribution in [0.25, 0.3) is 0 Å². The molecular formula is C23H30FN3O4S. The fourth-order valence-electron chi connectivity index (χ4n) is 3.70. The van der Waals surface area contributed by atoms with Gasteiger partial charge in [0.25, 0.3) is 10.0 Å². The van der Waals surface area contributed by atoms with Gasteiger partial charge in [-0.2, -0.15) is 0 Å². The smallest absolute Gasteiger partial charge is 0.264 e. The summed E-state index contributed by atoms with van der Waals surface area (Å²) in [6.45, 7) is 3.16. The molecule has 0 bridgehead atoms. The van der Waals surface area contributed by atoms with Crippen LogP contribution in [0.2, 0.25) is 0 Å². The lowest BCUT2D eigenvalue weighted by molar-refractivity contribution is -0.119. The number of ether oxygens (including phenoxy) is 1. The van der Waals surface area contributed by atoms with Gasteiger partial charge in [0, 0.05) is 6.54 Å². The molecule has 174 valence electrons. The van der Waals surface area contributed by atoms with Crippen molar-refractivity contribution in [2.24, 2.45) is 0 Å². The van der Waals surface area contributed by atoms with E-state index in [-0.39, 0.29) is 10.6 Å². The summed E-state index contributed by atoms with van der Waals surface area (Å²) in [4.78, 5) is 15.0. The zero-order chi connectivity index (χ0) is 23.0.